The molecular formula is C22H22N2O2S. The van der Waals surface area contributed by atoms with Crippen molar-refractivity contribution in [3.63, 3.8) is 0 Å². The summed E-state index contributed by atoms with van der Waals surface area (Å²) in [6.07, 6.45) is 1.25. The third-order valence-electron chi connectivity index (χ3n) is 4.81. The molecule has 0 saturated heterocycles. The summed E-state index contributed by atoms with van der Waals surface area (Å²) in [5.41, 5.74) is 5.52. The van der Waals surface area contributed by atoms with Crippen molar-refractivity contribution in [1.29, 1.82) is 0 Å². The van der Waals surface area contributed by atoms with Crippen molar-refractivity contribution >= 4 is 22.9 Å². The number of carbonyl (C=O) groups excluding carboxylic acids is 1. The zero-order valence-electron chi connectivity index (χ0n) is 15.6. The predicted octanol–water partition coefficient (Wildman–Crippen LogP) is 4.47. The first kappa shape index (κ1) is 17.7. The molecule has 4 nitrogen and oxygen atoms in total. The van der Waals surface area contributed by atoms with Gasteiger partial charge in [0.15, 0.2) is 0 Å². The monoisotopic (exact) mass is 378 g/mol. The molecule has 2 heterocycles. The van der Waals surface area contributed by atoms with Crippen LogP contribution in [0.5, 0.6) is 5.75 Å². The Hall–Kier alpha value is -2.66. The Labute approximate surface area is 163 Å². The molecule has 27 heavy (non-hydrogen) atoms. The quantitative estimate of drug-likeness (QED) is 0.658. The fourth-order valence-corrected chi connectivity index (χ4v) is 4.13. The van der Waals surface area contributed by atoms with E-state index in [9.17, 15) is 4.79 Å². The second kappa shape index (κ2) is 7.53. The van der Waals surface area contributed by atoms with Crippen LogP contribution < -0.4 is 9.64 Å². The lowest BCUT2D eigenvalue weighted by Gasteiger charge is -2.18. The second-order valence-corrected chi connectivity index (χ2v) is 7.83. The van der Waals surface area contributed by atoms with Crippen molar-refractivity contribution in [2.45, 2.75) is 33.3 Å². The number of thiazole rings is 1. The summed E-state index contributed by atoms with van der Waals surface area (Å²) in [5, 5.41) is 2.84. The maximum atomic E-state index is 12.8. The van der Waals surface area contributed by atoms with Gasteiger partial charge in [0.2, 0.25) is 5.91 Å². The molecule has 2 aromatic carbocycles. The van der Waals surface area contributed by atoms with Gasteiger partial charge in [0.1, 0.15) is 17.4 Å². The van der Waals surface area contributed by atoms with Crippen molar-refractivity contribution in [1.82, 2.24) is 4.98 Å². The molecule has 0 aliphatic carbocycles. The maximum absolute atomic E-state index is 12.8. The van der Waals surface area contributed by atoms with Gasteiger partial charge in [-0.1, -0.05) is 35.9 Å². The van der Waals surface area contributed by atoms with Crippen LogP contribution in [0.4, 0.5) is 5.69 Å². The Morgan fingerprint density at radius 1 is 1.19 bits per heavy atom. The van der Waals surface area contributed by atoms with Crippen LogP contribution in [0.15, 0.2) is 47.8 Å². The SMILES string of the molecule is Cc1ccc(OCc2nc(CC(=O)N3CCc4cccc(C)c43)cs2)cc1. The minimum atomic E-state index is 0.111. The topological polar surface area (TPSA) is 42.4 Å². The summed E-state index contributed by atoms with van der Waals surface area (Å²) < 4.78 is 5.78. The summed E-state index contributed by atoms with van der Waals surface area (Å²) in [7, 11) is 0. The normalized spacial score (nSPS) is 12.9. The number of fused-ring (bicyclic) bond motifs is 1. The first-order chi connectivity index (χ1) is 13.1. The Bertz CT molecular complexity index is 963. The van der Waals surface area contributed by atoms with Gasteiger partial charge in [-0.05, 0) is 43.5 Å². The molecule has 138 valence electrons. The molecule has 5 heteroatoms. The highest BCUT2D eigenvalue weighted by Crippen LogP contribution is 2.31. The fraction of sp³-hybridized carbons (Fsp3) is 0.273. The van der Waals surface area contributed by atoms with Gasteiger partial charge in [-0.2, -0.15) is 0 Å². The lowest BCUT2D eigenvalue weighted by molar-refractivity contribution is -0.117. The van der Waals surface area contributed by atoms with Crippen molar-refractivity contribution in [3.05, 3.63) is 75.2 Å². The molecule has 1 aromatic heterocycles. The van der Waals surface area contributed by atoms with Crippen molar-refractivity contribution in [2.24, 2.45) is 0 Å². The first-order valence-electron chi connectivity index (χ1n) is 9.12. The predicted molar refractivity (Wildman–Crippen MR) is 109 cm³/mol. The maximum Gasteiger partial charge on any atom is 0.233 e. The lowest BCUT2D eigenvalue weighted by atomic mass is 10.1. The molecule has 0 saturated carbocycles. The molecule has 0 spiro atoms. The van der Waals surface area contributed by atoms with Gasteiger partial charge in [0.05, 0.1) is 12.1 Å². The van der Waals surface area contributed by atoms with Crippen molar-refractivity contribution < 1.29 is 9.53 Å². The molecule has 0 unspecified atom stereocenters. The fourth-order valence-electron chi connectivity index (χ4n) is 3.43. The molecule has 3 aromatic rings. The number of aryl methyl sites for hydroxylation is 2. The molecule has 0 N–H and O–H groups in total. The van der Waals surface area contributed by atoms with Crippen LogP contribution in [-0.4, -0.2) is 17.4 Å². The molecule has 1 aliphatic heterocycles. The number of hydrogen-bond donors (Lipinski definition) is 0. The van der Waals surface area contributed by atoms with E-state index in [2.05, 4.69) is 30.1 Å². The second-order valence-electron chi connectivity index (χ2n) is 6.89. The summed E-state index contributed by atoms with van der Waals surface area (Å²) in [6, 6.07) is 14.2. The Morgan fingerprint density at radius 3 is 2.81 bits per heavy atom. The van der Waals surface area contributed by atoms with E-state index in [1.165, 1.54) is 22.5 Å². The van der Waals surface area contributed by atoms with Crippen LogP contribution in [0.2, 0.25) is 0 Å². The lowest BCUT2D eigenvalue weighted by Crippen LogP contribution is -2.30. The Balaban J connectivity index is 1.38. The minimum absolute atomic E-state index is 0.111. The number of benzene rings is 2. The van der Waals surface area contributed by atoms with Gasteiger partial charge in [-0.3, -0.25) is 4.79 Å². The van der Waals surface area contributed by atoms with E-state index >= 15 is 0 Å². The van der Waals surface area contributed by atoms with E-state index < -0.39 is 0 Å². The van der Waals surface area contributed by atoms with Crippen LogP contribution in [-0.2, 0) is 24.2 Å². The van der Waals surface area contributed by atoms with Crippen LogP contribution in [0.3, 0.4) is 0 Å². The molecule has 0 fully saturated rings. The van der Waals surface area contributed by atoms with E-state index in [1.54, 1.807) is 0 Å². The number of anilines is 1. The zero-order chi connectivity index (χ0) is 18.8. The van der Waals surface area contributed by atoms with E-state index in [4.69, 9.17) is 4.74 Å². The van der Waals surface area contributed by atoms with Gasteiger partial charge in [0.25, 0.3) is 0 Å². The van der Waals surface area contributed by atoms with Gasteiger partial charge in [-0.15, -0.1) is 11.3 Å². The van der Waals surface area contributed by atoms with Gasteiger partial charge in [-0.25, -0.2) is 4.98 Å². The number of rotatable bonds is 5. The first-order valence-corrected chi connectivity index (χ1v) is 10.00. The van der Waals surface area contributed by atoms with Crippen LogP contribution in [0, 0.1) is 13.8 Å². The van der Waals surface area contributed by atoms with E-state index in [0.717, 1.165) is 40.7 Å². The Morgan fingerprint density at radius 2 is 2.00 bits per heavy atom. The average molecular weight is 378 g/mol. The molecule has 0 atom stereocenters. The van der Waals surface area contributed by atoms with Gasteiger partial charge >= 0.3 is 0 Å². The number of carbonyl (C=O) groups is 1. The Kier molecular flexibility index (Phi) is 4.94. The summed E-state index contributed by atoms with van der Waals surface area (Å²) in [6.45, 7) is 5.29. The highest BCUT2D eigenvalue weighted by molar-refractivity contribution is 7.09. The van der Waals surface area contributed by atoms with E-state index in [0.29, 0.717) is 13.0 Å². The molecular weight excluding hydrogens is 356 g/mol. The average Bonchev–Trinajstić information content (AvgIpc) is 3.29. The summed E-state index contributed by atoms with van der Waals surface area (Å²) >= 11 is 1.54. The molecule has 0 bridgehead atoms. The largest absolute Gasteiger partial charge is 0.486 e. The van der Waals surface area contributed by atoms with Gasteiger partial charge in [0, 0.05) is 17.6 Å². The number of hydrogen-bond acceptors (Lipinski definition) is 4. The van der Waals surface area contributed by atoms with E-state index in [-0.39, 0.29) is 5.91 Å². The number of amides is 1. The van der Waals surface area contributed by atoms with Crippen LogP contribution >= 0.6 is 11.3 Å². The molecule has 1 aliphatic rings. The highest BCUT2D eigenvalue weighted by Gasteiger charge is 2.26. The third-order valence-corrected chi connectivity index (χ3v) is 5.68. The van der Waals surface area contributed by atoms with Crippen molar-refractivity contribution in [3.8, 4) is 5.75 Å². The third kappa shape index (κ3) is 3.88. The van der Waals surface area contributed by atoms with Crippen molar-refractivity contribution in [2.75, 3.05) is 11.4 Å². The summed E-state index contributed by atoms with van der Waals surface area (Å²) in [5.74, 6) is 0.942. The molecule has 4 rings (SSSR count). The standard InChI is InChI=1S/C22H22N2O2S/c1-15-6-8-19(9-7-15)26-13-20-23-18(14-27-20)12-21(25)24-11-10-17-5-3-4-16(2)22(17)24/h3-9,14H,10-13H2,1-2H3. The number of aromatic nitrogens is 1. The molecule has 0 radical (unpaired) electrons. The number of ether oxygens (including phenoxy) is 1. The molecule has 1 amide bonds. The highest BCUT2D eigenvalue weighted by atomic mass is 32.1. The van der Waals surface area contributed by atoms with Crippen LogP contribution in [0.25, 0.3) is 0 Å². The smallest absolute Gasteiger partial charge is 0.233 e. The summed E-state index contributed by atoms with van der Waals surface area (Å²) in [4.78, 5) is 19.3. The minimum Gasteiger partial charge on any atom is -0.486 e. The van der Waals surface area contributed by atoms with E-state index in [1.807, 2.05) is 41.5 Å². The number of nitrogens with zero attached hydrogens (tertiary/aromatic N) is 2. The number of para-hydroxylation sites is 1. The van der Waals surface area contributed by atoms with Gasteiger partial charge < -0.3 is 9.64 Å². The zero-order valence-corrected chi connectivity index (χ0v) is 16.4. The van der Waals surface area contributed by atoms with Crippen LogP contribution in [0.1, 0.15) is 27.4 Å².